The van der Waals surface area contributed by atoms with E-state index in [9.17, 15) is 4.79 Å². The number of hydrogen-bond donors (Lipinski definition) is 2. The number of allylic oxidation sites excluding steroid dienone is 1. The minimum atomic E-state index is 0.0330. The van der Waals surface area contributed by atoms with Crippen LogP contribution in [-0.4, -0.2) is 35.9 Å². The van der Waals surface area contributed by atoms with Gasteiger partial charge >= 0.3 is 0 Å². The van der Waals surface area contributed by atoms with E-state index in [1.165, 1.54) is 11.1 Å². The van der Waals surface area contributed by atoms with Crippen molar-refractivity contribution >= 4 is 12.1 Å². The lowest BCUT2D eigenvalue weighted by atomic mass is 9.73. The molecule has 3 unspecified atom stereocenters. The lowest BCUT2D eigenvalue weighted by molar-refractivity contribution is -0.123. The quantitative estimate of drug-likeness (QED) is 0.605. The monoisotopic (exact) mass is 316 g/mol. The zero-order valence-corrected chi connectivity index (χ0v) is 14.4. The van der Waals surface area contributed by atoms with Crippen molar-refractivity contribution in [3.63, 3.8) is 0 Å². The molecule has 0 aromatic heterocycles. The molecule has 5 nitrogen and oxygen atoms in total. The second-order valence-electron chi connectivity index (χ2n) is 7.01. The third-order valence-corrected chi connectivity index (χ3v) is 4.93. The van der Waals surface area contributed by atoms with Crippen LogP contribution >= 0.6 is 0 Å². The van der Waals surface area contributed by atoms with Crippen LogP contribution in [0.2, 0.25) is 0 Å². The number of carbonyl (C=O) groups is 1. The van der Waals surface area contributed by atoms with Crippen molar-refractivity contribution < 1.29 is 4.79 Å². The first-order chi connectivity index (χ1) is 11.1. The zero-order chi connectivity index (χ0) is 16.4. The van der Waals surface area contributed by atoms with Gasteiger partial charge in [-0.15, -0.1) is 0 Å². The van der Waals surface area contributed by atoms with E-state index in [2.05, 4.69) is 48.8 Å². The molecule has 0 spiro atoms. The third-order valence-electron chi connectivity index (χ3n) is 4.93. The molecule has 126 valence electrons. The van der Waals surface area contributed by atoms with Crippen LogP contribution < -0.4 is 10.7 Å². The molecule has 5 heteroatoms. The van der Waals surface area contributed by atoms with E-state index in [4.69, 9.17) is 4.99 Å². The summed E-state index contributed by atoms with van der Waals surface area (Å²) in [6.07, 6.45) is 10.1. The Morgan fingerprint density at radius 1 is 1.48 bits per heavy atom. The molecule has 0 aromatic carbocycles. The van der Waals surface area contributed by atoms with Gasteiger partial charge in [0.25, 0.3) is 0 Å². The van der Waals surface area contributed by atoms with Crippen LogP contribution in [0.25, 0.3) is 0 Å². The number of hydrazine groups is 1. The van der Waals surface area contributed by atoms with Crippen LogP contribution in [0.3, 0.4) is 0 Å². The SMILES string of the molecule is CCCCNN1C=C2CC(=O)NC(C(C)C)C2C2=CCC=NC21. The Morgan fingerprint density at radius 2 is 2.30 bits per heavy atom. The first kappa shape index (κ1) is 16.2. The Hall–Kier alpha value is -1.62. The molecular formula is C18H28N4O. The number of amides is 1. The number of nitrogens with zero attached hydrogens (tertiary/aromatic N) is 2. The van der Waals surface area contributed by atoms with Crippen LogP contribution in [0.15, 0.2) is 28.4 Å². The number of unbranched alkanes of at least 4 members (excludes halogenated alkanes) is 1. The molecule has 0 saturated carbocycles. The Morgan fingerprint density at radius 3 is 3.04 bits per heavy atom. The average molecular weight is 316 g/mol. The molecule has 2 N–H and O–H groups in total. The Labute approximate surface area is 138 Å². The number of nitrogens with one attached hydrogen (secondary N) is 2. The van der Waals surface area contributed by atoms with Crippen molar-refractivity contribution in [3.05, 3.63) is 23.4 Å². The van der Waals surface area contributed by atoms with E-state index in [0.717, 1.165) is 25.8 Å². The van der Waals surface area contributed by atoms with Gasteiger partial charge in [-0.3, -0.25) is 14.8 Å². The molecule has 0 aromatic rings. The summed E-state index contributed by atoms with van der Waals surface area (Å²) >= 11 is 0. The normalized spacial score (nSPS) is 29.7. The molecule has 3 aliphatic rings. The number of aliphatic imine (C=N–C) groups is 1. The van der Waals surface area contributed by atoms with Gasteiger partial charge in [-0.25, -0.2) is 5.43 Å². The number of fused-ring (bicyclic) bond motifs is 3. The lowest BCUT2D eigenvalue weighted by Crippen LogP contribution is -2.56. The number of rotatable bonds is 5. The smallest absolute Gasteiger partial charge is 0.224 e. The Balaban J connectivity index is 1.92. The highest BCUT2D eigenvalue weighted by Crippen LogP contribution is 2.40. The molecule has 0 aliphatic carbocycles. The summed E-state index contributed by atoms with van der Waals surface area (Å²) < 4.78 is 0. The molecule has 3 rings (SSSR count). The van der Waals surface area contributed by atoms with Crippen molar-refractivity contribution in [2.24, 2.45) is 16.8 Å². The fourth-order valence-electron chi connectivity index (χ4n) is 3.77. The molecule has 1 amide bonds. The van der Waals surface area contributed by atoms with E-state index in [1.54, 1.807) is 0 Å². The van der Waals surface area contributed by atoms with Crippen molar-refractivity contribution in [3.8, 4) is 0 Å². The average Bonchev–Trinajstić information content (AvgIpc) is 2.54. The maximum absolute atomic E-state index is 12.1. The van der Waals surface area contributed by atoms with Gasteiger partial charge in [-0.2, -0.15) is 0 Å². The highest BCUT2D eigenvalue weighted by atomic mass is 16.1. The van der Waals surface area contributed by atoms with Gasteiger partial charge in [0, 0.05) is 37.3 Å². The first-order valence-electron chi connectivity index (χ1n) is 8.85. The van der Waals surface area contributed by atoms with Crippen LogP contribution in [0.4, 0.5) is 0 Å². The van der Waals surface area contributed by atoms with Gasteiger partial charge in [-0.1, -0.05) is 33.3 Å². The van der Waals surface area contributed by atoms with E-state index < -0.39 is 0 Å². The predicted molar refractivity (Wildman–Crippen MR) is 92.7 cm³/mol. The van der Waals surface area contributed by atoms with E-state index in [1.807, 2.05) is 6.21 Å². The highest BCUT2D eigenvalue weighted by molar-refractivity contribution is 5.81. The van der Waals surface area contributed by atoms with Crippen LogP contribution in [0.1, 0.15) is 46.5 Å². The van der Waals surface area contributed by atoms with E-state index >= 15 is 0 Å². The summed E-state index contributed by atoms with van der Waals surface area (Å²) in [5, 5.41) is 5.31. The largest absolute Gasteiger partial charge is 0.352 e. The third kappa shape index (κ3) is 3.20. The number of hydrogen-bond acceptors (Lipinski definition) is 4. The standard InChI is InChI=1S/C18H28N4O/c1-4-5-9-20-22-11-13-10-15(23)21-17(12(2)3)16(13)14-7-6-8-19-18(14)22/h7-8,11-12,16-18,20H,4-6,9-10H2,1-3H3,(H,21,23). The zero-order valence-electron chi connectivity index (χ0n) is 14.4. The van der Waals surface area contributed by atoms with Gasteiger partial charge in [0.1, 0.15) is 0 Å². The number of piperidine rings is 1. The molecule has 1 fully saturated rings. The second kappa shape index (κ2) is 6.87. The van der Waals surface area contributed by atoms with Crippen LogP contribution in [-0.2, 0) is 4.79 Å². The molecule has 0 bridgehead atoms. The van der Waals surface area contributed by atoms with E-state index in [0.29, 0.717) is 18.3 Å². The number of dihydropyridines is 1. The van der Waals surface area contributed by atoms with Gasteiger partial charge in [0.2, 0.25) is 5.91 Å². The topological polar surface area (TPSA) is 56.7 Å². The van der Waals surface area contributed by atoms with Gasteiger partial charge in [0.15, 0.2) is 6.17 Å². The Kier molecular flexibility index (Phi) is 4.85. The molecule has 3 heterocycles. The Bertz CT molecular complexity index is 549. The van der Waals surface area contributed by atoms with Crippen molar-refractivity contribution in [2.75, 3.05) is 6.54 Å². The molecule has 1 saturated heterocycles. The van der Waals surface area contributed by atoms with Gasteiger partial charge in [0.05, 0.1) is 6.42 Å². The maximum Gasteiger partial charge on any atom is 0.224 e. The van der Waals surface area contributed by atoms with Crippen molar-refractivity contribution in [1.29, 1.82) is 0 Å². The molecule has 3 aliphatic heterocycles. The predicted octanol–water partition coefficient (Wildman–Crippen LogP) is 2.38. The summed E-state index contributed by atoms with van der Waals surface area (Å²) in [7, 11) is 0. The summed E-state index contributed by atoms with van der Waals surface area (Å²) in [5.41, 5.74) is 6.04. The molecular weight excluding hydrogens is 288 g/mol. The molecule has 3 atom stereocenters. The van der Waals surface area contributed by atoms with E-state index in [-0.39, 0.29) is 18.1 Å². The van der Waals surface area contributed by atoms with Crippen molar-refractivity contribution in [2.45, 2.75) is 58.7 Å². The fraction of sp³-hybridized carbons (Fsp3) is 0.667. The fourth-order valence-corrected chi connectivity index (χ4v) is 3.77. The highest BCUT2D eigenvalue weighted by Gasteiger charge is 2.43. The molecule has 0 radical (unpaired) electrons. The van der Waals surface area contributed by atoms with Gasteiger partial charge in [-0.05, 0) is 23.5 Å². The summed E-state index contributed by atoms with van der Waals surface area (Å²) in [4.78, 5) is 16.8. The number of carbonyl (C=O) groups excluding carboxylic acids is 1. The summed E-state index contributed by atoms with van der Waals surface area (Å²) in [6.45, 7) is 7.49. The maximum atomic E-state index is 12.1. The lowest BCUT2D eigenvalue weighted by Gasteiger charge is -2.46. The van der Waals surface area contributed by atoms with Crippen LogP contribution in [0.5, 0.6) is 0 Å². The summed E-state index contributed by atoms with van der Waals surface area (Å²) in [6, 6.07) is 0.169. The minimum absolute atomic E-state index is 0.0330. The second-order valence-corrected chi connectivity index (χ2v) is 7.01. The molecule has 23 heavy (non-hydrogen) atoms. The van der Waals surface area contributed by atoms with Gasteiger partial charge < -0.3 is 5.32 Å². The first-order valence-corrected chi connectivity index (χ1v) is 8.85. The minimum Gasteiger partial charge on any atom is -0.352 e. The van der Waals surface area contributed by atoms with Crippen LogP contribution in [0, 0.1) is 11.8 Å². The summed E-state index contributed by atoms with van der Waals surface area (Å²) in [5.74, 6) is 0.831. The van der Waals surface area contributed by atoms with Crippen molar-refractivity contribution in [1.82, 2.24) is 15.8 Å².